The zero-order chi connectivity index (χ0) is 15.4. The standard InChI is InChI=1S/C16H15BrF3N/c1-2-6-21-16(10-7-11(18)9-12(19)8-10)13-4-3-5-14(17)15(13)20/h3-5,7-9,16,21H,2,6H2,1H3. The first-order valence-electron chi connectivity index (χ1n) is 6.66. The molecule has 112 valence electrons. The van der Waals surface area contributed by atoms with Gasteiger partial charge in [-0.25, -0.2) is 13.2 Å². The van der Waals surface area contributed by atoms with Gasteiger partial charge in [0.25, 0.3) is 0 Å². The highest BCUT2D eigenvalue weighted by molar-refractivity contribution is 9.10. The van der Waals surface area contributed by atoms with E-state index in [1.165, 1.54) is 12.1 Å². The Hall–Kier alpha value is -1.33. The molecule has 1 N–H and O–H groups in total. The Kier molecular flexibility index (Phi) is 5.42. The summed E-state index contributed by atoms with van der Waals surface area (Å²) in [6, 6.07) is 7.52. The summed E-state index contributed by atoms with van der Waals surface area (Å²) in [6.07, 6.45) is 0.823. The number of benzene rings is 2. The lowest BCUT2D eigenvalue weighted by Gasteiger charge is -2.21. The van der Waals surface area contributed by atoms with E-state index in [4.69, 9.17) is 0 Å². The maximum Gasteiger partial charge on any atom is 0.142 e. The van der Waals surface area contributed by atoms with Gasteiger partial charge < -0.3 is 5.32 Å². The van der Waals surface area contributed by atoms with E-state index in [0.29, 0.717) is 22.1 Å². The van der Waals surface area contributed by atoms with Crippen LogP contribution in [0.2, 0.25) is 0 Å². The van der Waals surface area contributed by atoms with E-state index in [1.807, 2.05) is 6.92 Å². The summed E-state index contributed by atoms with van der Waals surface area (Å²) < 4.78 is 41.5. The van der Waals surface area contributed by atoms with Crippen molar-refractivity contribution in [2.75, 3.05) is 6.54 Å². The van der Waals surface area contributed by atoms with Crippen LogP contribution in [-0.4, -0.2) is 6.54 Å². The van der Waals surface area contributed by atoms with Crippen LogP contribution in [0.3, 0.4) is 0 Å². The van der Waals surface area contributed by atoms with Gasteiger partial charge in [-0.2, -0.15) is 0 Å². The molecule has 0 saturated carbocycles. The van der Waals surface area contributed by atoms with Crippen LogP contribution in [0.1, 0.15) is 30.5 Å². The van der Waals surface area contributed by atoms with Crippen molar-refractivity contribution in [1.82, 2.24) is 5.32 Å². The number of hydrogen-bond donors (Lipinski definition) is 1. The van der Waals surface area contributed by atoms with Gasteiger partial charge in [0.1, 0.15) is 17.5 Å². The zero-order valence-electron chi connectivity index (χ0n) is 11.5. The normalized spacial score (nSPS) is 12.4. The van der Waals surface area contributed by atoms with Crippen LogP contribution in [0.25, 0.3) is 0 Å². The van der Waals surface area contributed by atoms with Gasteiger partial charge in [-0.3, -0.25) is 0 Å². The Morgan fingerprint density at radius 1 is 1.10 bits per heavy atom. The van der Waals surface area contributed by atoms with Crippen molar-refractivity contribution in [3.8, 4) is 0 Å². The molecule has 0 aliphatic heterocycles. The first kappa shape index (κ1) is 16.0. The molecule has 5 heteroatoms. The predicted octanol–water partition coefficient (Wildman–Crippen LogP) is 4.96. The summed E-state index contributed by atoms with van der Waals surface area (Å²) in [4.78, 5) is 0. The third-order valence-electron chi connectivity index (χ3n) is 3.11. The largest absolute Gasteiger partial charge is 0.306 e. The monoisotopic (exact) mass is 357 g/mol. The molecule has 0 aromatic heterocycles. The fourth-order valence-electron chi connectivity index (χ4n) is 2.18. The van der Waals surface area contributed by atoms with Crippen molar-refractivity contribution in [2.24, 2.45) is 0 Å². The molecule has 0 fully saturated rings. The molecule has 0 saturated heterocycles. The SMILES string of the molecule is CCCNC(c1cc(F)cc(F)c1)c1cccc(Br)c1F. The Morgan fingerprint density at radius 3 is 2.38 bits per heavy atom. The van der Waals surface area contributed by atoms with Crippen molar-refractivity contribution >= 4 is 15.9 Å². The first-order chi connectivity index (χ1) is 10.0. The lowest BCUT2D eigenvalue weighted by atomic mass is 9.97. The van der Waals surface area contributed by atoms with E-state index in [2.05, 4.69) is 21.2 Å². The molecule has 1 unspecified atom stereocenters. The quantitative estimate of drug-likeness (QED) is 0.797. The van der Waals surface area contributed by atoms with Gasteiger partial charge in [0.15, 0.2) is 0 Å². The van der Waals surface area contributed by atoms with Gasteiger partial charge in [0, 0.05) is 11.6 Å². The maximum atomic E-state index is 14.3. The molecule has 21 heavy (non-hydrogen) atoms. The average molecular weight is 358 g/mol. The Bertz CT molecular complexity index is 611. The van der Waals surface area contributed by atoms with Gasteiger partial charge in [-0.1, -0.05) is 19.1 Å². The van der Waals surface area contributed by atoms with Crippen LogP contribution in [0.5, 0.6) is 0 Å². The first-order valence-corrected chi connectivity index (χ1v) is 7.45. The third kappa shape index (κ3) is 3.86. The van der Waals surface area contributed by atoms with Crippen molar-refractivity contribution < 1.29 is 13.2 Å². The topological polar surface area (TPSA) is 12.0 Å². The lowest BCUT2D eigenvalue weighted by molar-refractivity contribution is 0.531. The summed E-state index contributed by atoms with van der Waals surface area (Å²) >= 11 is 3.13. The van der Waals surface area contributed by atoms with Gasteiger partial charge in [-0.05, 0) is 52.7 Å². The molecule has 1 atom stereocenters. The summed E-state index contributed by atoms with van der Waals surface area (Å²) in [5.41, 5.74) is 0.709. The van der Waals surface area contributed by atoms with Crippen molar-refractivity contribution in [3.05, 3.63) is 69.4 Å². The maximum absolute atomic E-state index is 14.3. The van der Waals surface area contributed by atoms with Crippen LogP contribution in [-0.2, 0) is 0 Å². The summed E-state index contributed by atoms with van der Waals surface area (Å²) in [5.74, 6) is -1.79. The van der Waals surface area contributed by atoms with E-state index in [1.54, 1.807) is 18.2 Å². The van der Waals surface area contributed by atoms with Crippen LogP contribution in [0.15, 0.2) is 40.9 Å². The van der Waals surface area contributed by atoms with Gasteiger partial charge in [0.2, 0.25) is 0 Å². The Labute approximate surface area is 130 Å². The van der Waals surface area contributed by atoms with E-state index < -0.39 is 23.5 Å². The summed E-state index contributed by atoms with van der Waals surface area (Å²) in [5, 5.41) is 3.13. The highest BCUT2D eigenvalue weighted by Crippen LogP contribution is 2.29. The number of hydrogen-bond acceptors (Lipinski definition) is 1. The second kappa shape index (κ2) is 7.09. The molecule has 0 radical (unpaired) electrons. The number of halogens is 4. The second-order valence-corrected chi connectivity index (χ2v) is 5.59. The number of rotatable bonds is 5. The minimum Gasteiger partial charge on any atom is -0.306 e. The van der Waals surface area contributed by atoms with Crippen LogP contribution >= 0.6 is 15.9 Å². The number of nitrogens with one attached hydrogen (secondary N) is 1. The van der Waals surface area contributed by atoms with Crippen LogP contribution in [0, 0.1) is 17.5 Å². The van der Waals surface area contributed by atoms with Crippen LogP contribution < -0.4 is 5.32 Å². The highest BCUT2D eigenvalue weighted by Gasteiger charge is 2.20. The molecule has 1 nitrogen and oxygen atoms in total. The summed E-state index contributed by atoms with van der Waals surface area (Å²) in [6.45, 7) is 2.57. The van der Waals surface area contributed by atoms with E-state index >= 15 is 0 Å². The van der Waals surface area contributed by atoms with Gasteiger partial charge in [-0.15, -0.1) is 0 Å². The van der Waals surface area contributed by atoms with Crippen molar-refractivity contribution in [2.45, 2.75) is 19.4 Å². The average Bonchev–Trinajstić information content (AvgIpc) is 2.42. The molecule has 2 aromatic rings. The molecule has 0 bridgehead atoms. The smallest absolute Gasteiger partial charge is 0.142 e. The second-order valence-electron chi connectivity index (χ2n) is 4.73. The molecule has 0 spiro atoms. The molecule has 0 heterocycles. The van der Waals surface area contributed by atoms with Crippen molar-refractivity contribution in [1.29, 1.82) is 0 Å². The molecule has 0 aliphatic rings. The molecule has 0 aliphatic carbocycles. The molecular weight excluding hydrogens is 343 g/mol. The fraction of sp³-hybridized carbons (Fsp3) is 0.250. The summed E-state index contributed by atoms with van der Waals surface area (Å²) in [7, 11) is 0. The molecule has 2 rings (SSSR count). The van der Waals surface area contributed by atoms with Gasteiger partial charge >= 0.3 is 0 Å². The molecule has 2 aromatic carbocycles. The minimum atomic E-state index is -0.677. The Morgan fingerprint density at radius 2 is 1.76 bits per heavy atom. The van der Waals surface area contributed by atoms with E-state index in [9.17, 15) is 13.2 Å². The van der Waals surface area contributed by atoms with Gasteiger partial charge in [0.05, 0.1) is 10.5 Å². The molecular formula is C16H15BrF3N. The third-order valence-corrected chi connectivity index (χ3v) is 3.72. The van der Waals surface area contributed by atoms with E-state index in [0.717, 1.165) is 12.5 Å². The zero-order valence-corrected chi connectivity index (χ0v) is 13.1. The van der Waals surface area contributed by atoms with E-state index in [-0.39, 0.29) is 0 Å². The minimum absolute atomic E-state index is 0.320. The van der Waals surface area contributed by atoms with Crippen molar-refractivity contribution in [3.63, 3.8) is 0 Å². The predicted molar refractivity (Wildman–Crippen MR) is 80.6 cm³/mol. The lowest BCUT2D eigenvalue weighted by Crippen LogP contribution is -2.24. The fourth-order valence-corrected chi connectivity index (χ4v) is 2.56. The Balaban J connectivity index is 2.49. The molecule has 0 amide bonds. The highest BCUT2D eigenvalue weighted by atomic mass is 79.9. The van der Waals surface area contributed by atoms with Crippen LogP contribution in [0.4, 0.5) is 13.2 Å².